The predicted octanol–water partition coefficient (Wildman–Crippen LogP) is 3.63. The van der Waals surface area contributed by atoms with Crippen LogP contribution in [0.1, 0.15) is 39.2 Å². The van der Waals surface area contributed by atoms with Crippen molar-refractivity contribution in [3.63, 3.8) is 0 Å². The Morgan fingerprint density at radius 1 is 1.00 bits per heavy atom. The Morgan fingerprint density at radius 2 is 1.62 bits per heavy atom. The van der Waals surface area contributed by atoms with Gasteiger partial charge in [-0.25, -0.2) is 0 Å². The number of ether oxygens (including phenoxy) is 4. The van der Waals surface area contributed by atoms with E-state index in [4.69, 9.17) is 18.9 Å². The van der Waals surface area contributed by atoms with Gasteiger partial charge >= 0.3 is 11.9 Å². The van der Waals surface area contributed by atoms with E-state index >= 15 is 0 Å². The molecule has 0 aliphatic heterocycles. The van der Waals surface area contributed by atoms with Crippen LogP contribution in [-0.2, 0) is 24.5 Å². The smallest absolute Gasteiger partial charge is 0.328 e. The van der Waals surface area contributed by atoms with Crippen LogP contribution in [0.25, 0.3) is 0 Å². The van der Waals surface area contributed by atoms with E-state index in [1.54, 1.807) is 39.0 Å². The quantitative estimate of drug-likeness (QED) is 0.356. The van der Waals surface area contributed by atoms with E-state index in [2.05, 4.69) is 15.9 Å². The summed E-state index contributed by atoms with van der Waals surface area (Å²) in [7, 11) is 4.27. The van der Waals surface area contributed by atoms with Gasteiger partial charge in [-0.05, 0) is 51.3 Å². The van der Waals surface area contributed by atoms with E-state index in [-0.39, 0.29) is 6.42 Å². The van der Waals surface area contributed by atoms with Gasteiger partial charge in [-0.2, -0.15) is 0 Å². The number of esters is 2. The van der Waals surface area contributed by atoms with Crippen LogP contribution in [0, 0.1) is 0 Å². The summed E-state index contributed by atoms with van der Waals surface area (Å²) >= 11 is 3.36. The van der Waals surface area contributed by atoms with Crippen LogP contribution in [0.15, 0.2) is 18.2 Å². The maximum absolute atomic E-state index is 13.1. The fourth-order valence-corrected chi connectivity index (χ4v) is 2.92. The summed E-state index contributed by atoms with van der Waals surface area (Å²) in [5.74, 6) is -0.398. The zero-order chi connectivity index (χ0) is 20.0. The van der Waals surface area contributed by atoms with E-state index in [9.17, 15) is 9.59 Å². The second-order valence-electron chi connectivity index (χ2n) is 6.76. The second-order valence-corrected chi connectivity index (χ2v) is 7.55. The number of halogens is 1. The Kier molecular flexibility index (Phi) is 7.93. The van der Waals surface area contributed by atoms with E-state index in [1.807, 2.05) is 0 Å². The average molecular weight is 431 g/mol. The summed E-state index contributed by atoms with van der Waals surface area (Å²) in [6.45, 7) is 5.27. The predicted molar refractivity (Wildman–Crippen MR) is 102 cm³/mol. The third-order valence-electron chi connectivity index (χ3n) is 3.84. The van der Waals surface area contributed by atoms with Gasteiger partial charge in [-0.3, -0.25) is 9.59 Å². The molecule has 7 heteroatoms. The lowest BCUT2D eigenvalue weighted by atomic mass is 9.76. The van der Waals surface area contributed by atoms with Crippen molar-refractivity contribution in [3.8, 4) is 11.5 Å². The minimum Gasteiger partial charge on any atom is -0.493 e. The van der Waals surface area contributed by atoms with Gasteiger partial charge in [0.25, 0.3) is 0 Å². The number of alkyl halides is 1. The minimum atomic E-state index is -1.59. The van der Waals surface area contributed by atoms with Crippen molar-refractivity contribution < 1.29 is 28.5 Å². The number of rotatable bonds is 8. The van der Waals surface area contributed by atoms with E-state index in [1.165, 1.54) is 21.3 Å². The zero-order valence-electron chi connectivity index (χ0n) is 16.2. The van der Waals surface area contributed by atoms with Crippen LogP contribution in [0.4, 0.5) is 0 Å². The molecule has 0 N–H and O–H groups in total. The van der Waals surface area contributed by atoms with Crippen LogP contribution < -0.4 is 9.47 Å². The first-order chi connectivity index (χ1) is 12.2. The maximum Gasteiger partial charge on any atom is 0.328 e. The minimum absolute atomic E-state index is 0.231. The molecule has 0 aliphatic carbocycles. The number of carbonyl (C=O) groups is 2. The highest BCUT2D eigenvalue weighted by atomic mass is 79.9. The van der Waals surface area contributed by atoms with Crippen molar-refractivity contribution >= 4 is 27.9 Å². The number of hydrogen-bond donors (Lipinski definition) is 0. The lowest BCUT2D eigenvalue weighted by molar-refractivity contribution is -0.171. The van der Waals surface area contributed by atoms with Gasteiger partial charge in [0.1, 0.15) is 5.60 Å². The number of methoxy groups -OCH3 is 3. The summed E-state index contributed by atoms with van der Waals surface area (Å²) in [6.07, 6.45) is 0.804. The van der Waals surface area contributed by atoms with E-state index in [0.717, 1.165) is 0 Å². The lowest BCUT2D eigenvalue weighted by Gasteiger charge is -2.33. The lowest BCUT2D eigenvalue weighted by Crippen LogP contribution is -2.48. The number of hydrogen-bond acceptors (Lipinski definition) is 6. The molecule has 0 spiro atoms. The van der Waals surface area contributed by atoms with Gasteiger partial charge in [0.2, 0.25) is 0 Å². The summed E-state index contributed by atoms with van der Waals surface area (Å²) in [5, 5.41) is 0.627. The van der Waals surface area contributed by atoms with Crippen LogP contribution in [0.3, 0.4) is 0 Å². The summed E-state index contributed by atoms with van der Waals surface area (Å²) < 4.78 is 21.2. The number of benzene rings is 1. The molecule has 26 heavy (non-hydrogen) atoms. The normalized spacial score (nSPS) is 13.5. The second kappa shape index (κ2) is 9.26. The molecule has 146 valence electrons. The molecule has 0 aromatic heterocycles. The molecular formula is C19H27BrO6. The SMILES string of the molecule is COC(=O)C(CCCBr)(C(=O)OC(C)(C)C)c1ccc(OC)c(OC)c1. The Morgan fingerprint density at radius 3 is 2.08 bits per heavy atom. The fraction of sp³-hybridized carbons (Fsp3) is 0.579. The molecular weight excluding hydrogens is 404 g/mol. The first kappa shape index (κ1) is 22.3. The third-order valence-corrected chi connectivity index (χ3v) is 4.40. The van der Waals surface area contributed by atoms with Crippen molar-refractivity contribution in [3.05, 3.63) is 23.8 Å². The van der Waals surface area contributed by atoms with Crippen LogP contribution in [0.5, 0.6) is 11.5 Å². The Hall–Kier alpha value is -1.76. The van der Waals surface area contributed by atoms with Crippen LogP contribution in [-0.4, -0.2) is 44.2 Å². The summed E-state index contributed by atoms with van der Waals surface area (Å²) in [4.78, 5) is 25.9. The standard InChI is InChI=1S/C19H27BrO6/c1-18(2,3)26-17(22)19(10-7-11-20,16(21)25-6)13-8-9-14(23-4)15(12-13)24-5/h8-9,12H,7,10-11H2,1-6H3. The molecule has 0 aliphatic rings. The van der Waals surface area contributed by atoms with Gasteiger partial charge in [0, 0.05) is 5.33 Å². The molecule has 0 amide bonds. The van der Waals surface area contributed by atoms with E-state index < -0.39 is 23.0 Å². The molecule has 0 heterocycles. The molecule has 1 unspecified atom stereocenters. The van der Waals surface area contributed by atoms with Gasteiger partial charge in [0.05, 0.1) is 21.3 Å². The molecule has 0 saturated carbocycles. The maximum atomic E-state index is 13.1. The van der Waals surface area contributed by atoms with Crippen LogP contribution in [0.2, 0.25) is 0 Å². The first-order valence-electron chi connectivity index (χ1n) is 8.26. The summed E-state index contributed by atoms with van der Waals surface area (Å²) in [6, 6.07) is 4.94. The number of carbonyl (C=O) groups excluding carboxylic acids is 2. The molecule has 1 rings (SSSR count). The van der Waals surface area contributed by atoms with Crippen molar-refractivity contribution in [2.24, 2.45) is 0 Å². The van der Waals surface area contributed by atoms with Crippen molar-refractivity contribution in [1.29, 1.82) is 0 Å². The van der Waals surface area contributed by atoms with Gasteiger partial charge in [-0.15, -0.1) is 0 Å². The van der Waals surface area contributed by atoms with Gasteiger partial charge in [0.15, 0.2) is 16.9 Å². The van der Waals surface area contributed by atoms with Gasteiger partial charge in [-0.1, -0.05) is 22.0 Å². The molecule has 1 atom stereocenters. The zero-order valence-corrected chi connectivity index (χ0v) is 17.8. The van der Waals surface area contributed by atoms with E-state index in [0.29, 0.717) is 28.8 Å². The first-order valence-corrected chi connectivity index (χ1v) is 9.38. The average Bonchev–Trinajstić information content (AvgIpc) is 2.60. The molecule has 0 fully saturated rings. The highest BCUT2D eigenvalue weighted by molar-refractivity contribution is 9.09. The molecule has 0 radical (unpaired) electrons. The summed E-state index contributed by atoms with van der Waals surface area (Å²) in [5.41, 5.74) is -1.89. The highest BCUT2D eigenvalue weighted by Crippen LogP contribution is 2.39. The molecule has 6 nitrogen and oxygen atoms in total. The molecule has 1 aromatic carbocycles. The van der Waals surface area contributed by atoms with Crippen molar-refractivity contribution in [2.45, 2.75) is 44.6 Å². The fourth-order valence-electron chi connectivity index (χ4n) is 2.64. The van der Waals surface area contributed by atoms with Gasteiger partial charge < -0.3 is 18.9 Å². The monoisotopic (exact) mass is 430 g/mol. The Labute approximate surface area is 163 Å². The van der Waals surface area contributed by atoms with Crippen molar-refractivity contribution in [1.82, 2.24) is 0 Å². The molecule has 0 saturated heterocycles. The van der Waals surface area contributed by atoms with Crippen LogP contribution >= 0.6 is 15.9 Å². The largest absolute Gasteiger partial charge is 0.493 e. The van der Waals surface area contributed by atoms with Crippen molar-refractivity contribution in [2.75, 3.05) is 26.7 Å². The Bertz CT molecular complexity index is 637. The highest BCUT2D eigenvalue weighted by Gasteiger charge is 2.51. The third kappa shape index (κ3) is 4.90. The molecule has 0 bridgehead atoms. The Balaban J connectivity index is 3.60. The molecule has 1 aromatic rings. The topological polar surface area (TPSA) is 71.1 Å².